The van der Waals surface area contributed by atoms with E-state index in [1.165, 1.54) is 4.88 Å². The normalized spacial score (nSPS) is 16.0. The van der Waals surface area contributed by atoms with Gasteiger partial charge < -0.3 is 15.5 Å². The van der Waals surface area contributed by atoms with Gasteiger partial charge in [-0.1, -0.05) is 6.07 Å². The maximum Gasteiger partial charge on any atom is 0.191 e. The lowest BCUT2D eigenvalue weighted by Gasteiger charge is -2.33. The van der Waals surface area contributed by atoms with Gasteiger partial charge in [0.05, 0.1) is 10.7 Å². The number of guanidine groups is 1. The van der Waals surface area contributed by atoms with Gasteiger partial charge in [0.1, 0.15) is 5.82 Å². The first-order valence-corrected chi connectivity index (χ1v) is 10.0. The summed E-state index contributed by atoms with van der Waals surface area (Å²) in [5, 5.41) is 8.14. The number of piperidine rings is 1. The van der Waals surface area contributed by atoms with Gasteiger partial charge >= 0.3 is 0 Å². The molecule has 0 radical (unpaired) electrons. The van der Waals surface area contributed by atoms with Crippen LogP contribution in [0, 0.1) is 13.8 Å². The summed E-state index contributed by atoms with van der Waals surface area (Å²) >= 11 is 1.78. The zero-order valence-corrected chi connectivity index (χ0v) is 16.6. The Morgan fingerprint density at radius 2 is 2.12 bits per heavy atom. The first-order valence-electron chi connectivity index (χ1n) is 9.22. The number of anilines is 1. The van der Waals surface area contributed by atoms with E-state index < -0.39 is 0 Å². The van der Waals surface area contributed by atoms with Crippen molar-refractivity contribution in [2.24, 2.45) is 4.99 Å². The molecule has 0 aromatic carbocycles. The molecule has 1 saturated heterocycles. The number of hydrogen-bond acceptors (Lipinski definition) is 5. The van der Waals surface area contributed by atoms with Crippen LogP contribution in [0.5, 0.6) is 0 Å². The van der Waals surface area contributed by atoms with Crippen LogP contribution in [0.4, 0.5) is 5.82 Å². The Bertz CT molecular complexity index is 719. The van der Waals surface area contributed by atoms with Gasteiger partial charge in [0.25, 0.3) is 0 Å². The summed E-state index contributed by atoms with van der Waals surface area (Å²) < 4.78 is 0. The van der Waals surface area contributed by atoms with Gasteiger partial charge in [0.2, 0.25) is 0 Å². The van der Waals surface area contributed by atoms with E-state index in [2.05, 4.69) is 50.4 Å². The molecule has 6 nitrogen and oxygen atoms in total. The molecule has 2 aromatic heterocycles. The van der Waals surface area contributed by atoms with E-state index in [-0.39, 0.29) is 0 Å². The molecule has 0 aliphatic carbocycles. The molecular weight excluding hydrogens is 344 g/mol. The monoisotopic (exact) mass is 372 g/mol. The Kier molecular flexibility index (Phi) is 6.44. The number of aliphatic imine (C=N–C) groups is 1. The summed E-state index contributed by atoms with van der Waals surface area (Å²) in [6, 6.07) is 6.54. The Hall–Kier alpha value is -2.15. The van der Waals surface area contributed by atoms with Crippen molar-refractivity contribution < 1.29 is 0 Å². The molecule has 7 heteroatoms. The van der Waals surface area contributed by atoms with Gasteiger partial charge in [-0.3, -0.25) is 4.99 Å². The first-order chi connectivity index (χ1) is 12.7. The molecule has 140 valence electrons. The fourth-order valence-corrected chi connectivity index (χ4v) is 4.22. The average Bonchev–Trinajstić information content (AvgIpc) is 2.99. The maximum atomic E-state index is 4.49. The van der Waals surface area contributed by atoms with E-state index in [0.717, 1.165) is 61.4 Å². The highest BCUT2D eigenvalue weighted by atomic mass is 32.1. The second-order valence-electron chi connectivity index (χ2n) is 6.58. The van der Waals surface area contributed by atoms with Crippen molar-refractivity contribution in [2.45, 2.75) is 39.2 Å². The molecule has 0 amide bonds. The molecule has 0 bridgehead atoms. The molecule has 2 aromatic rings. The number of nitrogens with zero attached hydrogens (tertiary/aromatic N) is 4. The quantitative estimate of drug-likeness (QED) is 0.624. The number of hydrogen-bond donors (Lipinski definition) is 2. The molecule has 1 fully saturated rings. The van der Waals surface area contributed by atoms with E-state index >= 15 is 0 Å². The molecule has 1 aliphatic rings. The van der Waals surface area contributed by atoms with Crippen LogP contribution in [-0.4, -0.2) is 48.7 Å². The van der Waals surface area contributed by atoms with Gasteiger partial charge in [-0.05, 0) is 38.8 Å². The highest BCUT2D eigenvalue weighted by molar-refractivity contribution is 7.11. The molecule has 0 unspecified atom stereocenters. The molecule has 26 heavy (non-hydrogen) atoms. The van der Waals surface area contributed by atoms with Crippen molar-refractivity contribution in [3.8, 4) is 0 Å². The molecule has 3 rings (SSSR count). The number of aryl methyl sites for hydroxylation is 2. The Labute approximate surface area is 159 Å². The van der Waals surface area contributed by atoms with Crippen molar-refractivity contribution in [1.82, 2.24) is 20.6 Å². The first kappa shape index (κ1) is 18.6. The summed E-state index contributed by atoms with van der Waals surface area (Å²) in [6.07, 6.45) is 5.02. The van der Waals surface area contributed by atoms with Gasteiger partial charge in [-0.2, -0.15) is 0 Å². The van der Waals surface area contributed by atoms with Crippen molar-refractivity contribution in [1.29, 1.82) is 0 Å². The predicted molar refractivity (Wildman–Crippen MR) is 109 cm³/mol. The fraction of sp³-hybridized carbons (Fsp3) is 0.526. The van der Waals surface area contributed by atoms with Crippen LogP contribution in [0.25, 0.3) is 0 Å². The minimum atomic E-state index is 0.452. The van der Waals surface area contributed by atoms with Crippen LogP contribution < -0.4 is 15.5 Å². The summed E-state index contributed by atoms with van der Waals surface area (Å²) in [5.74, 6) is 1.96. The largest absolute Gasteiger partial charge is 0.356 e. The molecule has 2 N–H and O–H groups in total. The van der Waals surface area contributed by atoms with Crippen molar-refractivity contribution in [3.63, 3.8) is 0 Å². The van der Waals surface area contributed by atoms with Crippen LogP contribution in [0.2, 0.25) is 0 Å². The van der Waals surface area contributed by atoms with Crippen LogP contribution in [-0.2, 0) is 6.42 Å². The molecule has 0 saturated carbocycles. The molecular formula is C19H28N6S. The van der Waals surface area contributed by atoms with E-state index in [0.29, 0.717) is 6.04 Å². The maximum absolute atomic E-state index is 4.49. The lowest BCUT2D eigenvalue weighted by Crippen LogP contribution is -2.49. The topological polar surface area (TPSA) is 65.4 Å². The van der Waals surface area contributed by atoms with Crippen LogP contribution in [0.1, 0.15) is 28.4 Å². The predicted octanol–water partition coefficient (Wildman–Crippen LogP) is 2.53. The molecule has 0 atom stereocenters. The molecule has 0 spiro atoms. The van der Waals surface area contributed by atoms with Gasteiger partial charge in [-0.15, -0.1) is 11.3 Å². The number of thiazole rings is 1. The standard InChI is InChI=1S/C19H28N6S/c1-14-17(26-15(2)23-14)7-11-22-19(20-3)24-16-8-12-25(13-9-16)18-6-4-5-10-21-18/h4-6,10,16H,7-9,11-13H2,1-3H3,(H2,20,22,24). The number of nitrogens with one attached hydrogen (secondary N) is 2. The summed E-state index contributed by atoms with van der Waals surface area (Å²) in [4.78, 5) is 17.0. The second kappa shape index (κ2) is 8.98. The van der Waals surface area contributed by atoms with Gasteiger partial charge in [0.15, 0.2) is 5.96 Å². The van der Waals surface area contributed by atoms with Crippen molar-refractivity contribution in [3.05, 3.63) is 40.0 Å². The SMILES string of the molecule is CN=C(NCCc1sc(C)nc1C)NC1CCN(c2ccccn2)CC1. The number of rotatable bonds is 5. The highest BCUT2D eigenvalue weighted by Crippen LogP contribution is 2.18. The Balaban J connectivity index is 1.42. The third-order valence-corrected chi connectivity index (χ3v) is 5.81. The lowest BCUT2D eigenvalue weighted by molar-refractivity contribution is 0.459. The average molecular weight is 373 g/mol. The second-order valence-corrected chi connectivity index (χ2v) is 7.87. The smallest absolute Gasteiger partial charge is 0.191 e. The van der Waals surface area contributed by atoms with E-state index in [9.17, 15) is 0 Å². The Morgan fingerprint density at radius 1 is 1.31 bits per heavy atom. The zero-order valence-electron chi connectivity index (χ0n) is 15.8. The van der Waals surface area contributed by atoms with Crippen molar-refractivity contribution in [2.75, 3.05) is 31.6 Å². The van der Waals surface area contributed by atoms with Gasteiger partial charge in [-0.25, -0.2) is 9.97 Å². The van der Waals surface area contributed by atoms with Crippen LogP contribution in [0.15, 0.2) is 29.4 Å². The van der Waals surface area contributed by atoms with Crippen LogP contribution >= 0.6 is 11.3 Å². The zero-order chi connectivity index (χ0) is 18.4. The lowest BCUT2D eigenvalue weighted by atomic mass is 10.1. The van der Waals surface area contributed by atoms with Gasteiger partial charge in [0, 0.05) is 50.2 Å². The third kappa shape index (κ3) is 4.94. The molecule has 1 aliphatic heterocycles. The van der Waals surface area contributed by atoms with E-state index in [4.69, 9.17) is 0 Å². The van der Waals surface area contributed by atoms with Crippen molar-refractivity contribution >= 4 is 23.1 Å². The summed E-state index contributed by atoms with van der Waals surface area (Å²) in [5.41, 5.74) is 1.15. The van der Waals surface area contributed by atoms with Crippen LogP contribution in [0.3, 0.4) is 0 Å². The Morgan fingerprint density at radius 3 is 2.73 bits per heavy atom. The molecule has 3 heterocycles. The summed E-state index contributed by atoms with van der Waals surface area (Å²) in [6.45, 7) is 7.05. The minimum Gasteiger partial charge on any atom is -0.356 e. The third-order valence-electron chi connectivity index (χ3n) is 4.68. The fourth-order valence-electron chi connectivity index (χ4n) is 3.28. The van der Waals surface area contributed by atoms with E-state index in [1.54, 1.807) is 11.3 Å². The highest BCUT2D eigenvalue weighted by Gasteiger charge is 2.20. The number of aromatic nitrogens is 2. The summed E-state index contributed by atoms with van der Waals surface area (Å²) in [7, 11) is 1.83. The van der Waals surface area contributed by atoms with E-state index in [1.807, 2.05) is 25.4 Å². The minimum absolute atomic E-state index is 0.452. The number of pyridine rings is 1.